The highest BCUT2D eigenvalue weighted by Crippen LogP contribution is 2.39. The highest BCUT2D eigenvalue weighted by atomic mass is 16.5. The van der Waals surface area contributed by atoms with Crippen molar-refractivity contribution in [2.45, 2.75) is 25.4 Å². The van der Waals surface area contributed by atoms with Gasteiger partial charge in [-0.2, -0.15) is 0 Å². The summed E-state index contributed by atoms with van der Waals surface area (Å²) in [5.74, 6) is 0. The lowest BCUT2D eigenvalue weighted by Gasteiger charge is -2.26. The number of benzene rings is 1. The average Bonchev–Trinajstić information content (AvgIpc) is 2.56. The molecule has 0 fully saturated rings. The molecule has 0 radical (unpaired) electrons. The predicted molar refractivity (Wildman–Crippen MR) is 55.3 cm³/mol. The first-order valence-corrected chi connectivity index (χ1v) is 4.98. The molecular weight excluding hydrogens is 176 g/mol. The number of methoxy groups -OCH3 is 1. The van der Waals surface area contributed by atoms with E-state index in [1.165, 1.54) is 11.1 Å². The van der Waals surface area contributed by atoms with Gasteiger partial charge in [-0.3, -0.25) is 0 Å². The number of aliphatic hydroxyl groups is 1. The van der Waals surface area contributed by atoms with Crippen LogP contribution in [-0.2, 0) is 16.8 Å². The molecule has 0 aromatic heterocycles. The average molecular weight is 192 g/mol. The number of hydrogen-bond acceptors (Lipinski definition) is 2. The highest BCUT2D eigenvalue weighted by molar-refractivity contribution is 5.40. The molecule has 1 atom stereocenters. The Balaban J connectivity index is 2.48. The molecule has 2 rings (SSSR count). The third-order valence-electron chi connectivity index (χ3n) is 3.20. The molecule has 1 aliphatic carbocycles. The second-order valence-corrected chi connectivity index (χ2v) is 4.02. The van der Waals surface area contributed by atoms with Crippen LogP contribution in [0.2, 0.25) is 0 Å². The van der Waals surface area contributed by atoms with Crippen molar-refractivity contribution in [3.63, 3.8) is 0 Å². The molecule has 0 bridgehead atoms. The topological polar surface area (TPSA) is 29.5 Å². The van der Waals surface area contributed by atoms with E-state index in [1.807, 2.05) is 0 Å². The molecule has 0 aliphatic heterocycles. The Bertz CT molecular complexity index is 340. The fourth-order valence-electron chi connectivity index (χ4n) is 2.29. The van der Waals surface area contributed by atoms with Crippen molar-refractivity contribution >= 4 is 0 Å². The number of rotatable bonds is 2. The molecule has 0 amide bonds. The van der Waals surface area contributed by atoms with E-state index in [1.54, 1.807) is 7.11 Å². The molecule has 14 heavy (non-hydrogen) atoms. The van der Waals surface area contributed by atoms with Crippen LogP contribution in [0.4, 0.5) is 0 Å². The summed E-state index contributed by atoms with van der Waals surface area (Å²) in [6.07, 6.45) is 1.89. The summed E-state index contributed by atoms with van der Waals surface area (Å²) in [4.78, 5) is 0. The van der Waals surface area contributed by atoms with Gasteiger partial charge < -0.3 is 9.84 Å². The van der Waals surface area contributed by atoms with Crippen molar-refractivity contribution < 1.29 is 9.84 Å². The summed E-state index contributed by atoms with van der Waals surface area (Å²) < 4.78 is 5.46. The molecular formula is C12H16O2. The van der Waals surface area contributed by atoms with E-state index in [0.29, 0.717) is 0 Å². The van der Waals surface area contributed by atoms with Gasteiger partial charge in [-0.15, -0.1) is 0 Å². The maximum atomic E-state index is 9.41. The van der Waals surface area contributed by atoms with Crippen LogP contribution in [0.5, 0.6) is 0 Å². The van der Waals surface area contributed by atoms with E-state index >= 15 is 0 Å². The first kappa shape index (κ1) is 9.69. The van der Waals surface area contributed by atoms with Crippen molar-refractivity contribution in [1.29, 1.82) is 0 Å². The molecule has 1 unspecified atom stereocenters. The Hall–Kier alpha value is -0.860. The lowest BCUT2D eigenvalue weighted by Crippen LogP contribution is -2.29. The summed E-state index contributed by atoms with van der Waals surface area (Å²) in [7, 11) is 1.67. The Morgan fingerprint density at radius 1 is 1.50 bits per heavy atom. The number of ether oxygens (including phenoxy) is 1. The summed E-state index contributed by atoms with van der Waals surface area (Å²) >= 11 is 0. The summed E-state index contributed by atoms with van der Waals surface area (Å²) in [6.45, 7) is 2.16. The smallest absolute Gasteiger partial charge is 0.116 e. The first-order chi connectivity index (χ1) is 6.72. The van der Waals surface area contributed by atoms with Crippen LogP contribution in [0.15, 0.2) is 18.2 Å². The van der Waals surface area contributed by atoms with Crippen LogP contribution >= 0.6 is 0 Å². The zero-order chi connectivity index (χ0) is 10.2. The molecule has 2 heteroatoms. The molecule has 0 heterocycles. The van der Waals surface area contributed by atoms with E-state index in [4.69, 9.17) is 4.74 Å². The predicted octanol–water partition coefficient (Wildman–Crippen LogP) is 1.78. The third-order valence-corrected chi connectivity index (χ3v) is 3.20. The Kier molecular flexibility index (Phi) is 2.33. The number of fused-ring (bicyclic) bond motifs is 1. The van der Waals surface area contributed by atoms with Gasteiger partial charge in [0.15, 0.2) is 0 Å². The molecule has 1 aromatic carbocycles. The van der Waals surface area contributed by atoms with Crippen LogP contribution in [-0.4, -0.2) is 18.8 Å². The Labute approximate surface area is 84.5 Å². The van der Waals surface area contributed by atoms with Crippen molar-refractivity contribution in [2.24, 2.45) is 0 Å². The molecule has 76 valence electrons. The lowest BCUT2D eigenvalue weighted by molar-refractivity contribution is -0.0554. The fourth-order valence-corrected chi connectivity index (χ4v) is 2.29. The van der Waals surface area contributed by atoms with E-state index in [0.717, 1.165) is 18.4 Å². The SMILES string of the molecule is COC1(CO)CCc2cc(C)ccc21. The van der Waals surface area contributed by atoms with Gasteiger partial charge in [-0.1, -0.05) is 23.8 Å². The fraction of sp³-hybridized carbons (Fsp3) is 0.500. The molecule has 0 spiro atoms. The second kappa shape index (κ2) is 3.37. The molecule has 0 saturated carbocycles. The summed E-state index contributed by atoms with van der Waals surface area (Å²) in [5.41, 5.74) is 3.31. The van der Waals surface area contributed by atoms with Gasteiger partial charge in [-0.05, 0) is 30.9 Å². The van der Waals surface area contributed by atoms with E-state index in [9.17, 15) is 5.11 Å². The van der Waals surface area contributed by atoms with Crippen molar-refractivity contribution in [2.75, 3.05) is 13.7 Å². The normalized spacial score (nSPS) is 25.1. The molecule has 1 aliphatic rings. The summed E-state index contributed by atoms with van der Waals surface area (Å²) in [6, 6.07) is 6.34. The minimum Gasteiger partial charge on any atom is -0.393 e. The molecule has 2 nitrogen and oxygen atoms in total. The van der Waals surface area contributed by atoms with Crippen molar-refractivity contribution in [3.05, 3.63) is 34.9 Å². The number of aryl methyl sites for hydroxylation is 2. The monoisotopic (exact) mass is 192 g/mol. The minimum atomic E-state index is -0.441. The summed E-state index contributed by atoms with van der Waals surface area (Å²) in [5, 5.41) is 9.41. The number of aliphatic hydroxyl groups excluding tert-OH is 1. The van der Waals surface area contributed by atoms with Crippen LogP contribution < -0.4 is 0 Å². The number of hydrogen-bond donors (Lipinski definition) is 1. The van der Waals surface area contributed by atoms with Gasteiger partial charge in [0.25, 0.3) is 0 Å². The zero-order valence-electron chi connectivity index (χ0n) is 8.71. The molecule has 1 N–H and O–H groups in total. The lowest BCUT2D eigenvalue weighted by atomic mass is 9.96. The maximum absolute atomic E-state index is 9.41. The van der Waals surface area contributed by atoms with Crippen LogP contribution in [0.1, 0.15) is 23.1 Å². The highest BCUT2D eigenvalue weighted by Gasteiger charge is 2.38. The third kappa shape index (κ3) is 1.26. The van der Waals surface area contributed by atoms with E-state index < -0.39 is 5.60 Å². The van der Waals surface area contributed by atoms with Crippen molar-refractivity contribution in [3.8, 4) is 0 Å². The van der Waals surface area contributed by atoms with Crippen LogP contribution in [0, 0.1) is 6.92 Å². The van der Waals surface area contributed by atoms with Gasteiger partial charge in [0.05, 0.1) is 6.61 Å². The minimum absolute atomic E-state index is 0.0690. The van der Waals surface area contributed by atoms with Gasteiger partial charge in [0.2, 0.25) is 0 Å². The zero-order valence-corrected chi connectivity index (χ0v) is 8.71. The van der Waals surface area contributed by atoms with Crippen LogP contribution in [0.3, 0.4) is 0 Å². The van der Waals surface area contributed by atoms with Crippen LogP contribution in [0.25, 0.3) is 0 Å². The first-order valence-electron chi connectivity index (χ1n) is 4.98. The van der Waals surface area contributed by atoms with Gasteiger partial charge >= 0.3 is 0 Å². The largest absolute Gasteiger partial charge is 0.393 e. The van der Waals surface area contributed by atoms with Gasteiger partial charge in [0, 0.05) is 7.11 Å². The van der Waals surface area contributed by atoms with E-state index in [-0.39, 0.29) is 6.61 Å². The van der Waals surface area contributed by atoms with Gasteiger partial charge in [-0.25, -0.2) is 0 Å². The van der Waals surface area contributed by atoms with Crippen molar-refractivity contribution in [1.82, 2.24) is 0 Å². The second-order valence-electron chi connectivity index (χ2n) is 4.02. The maximum Gasteiger partial charge on any atom is 0.116 e. The standard InChI is InChI=1S/C12H16O2/c1-9-3-4-11-10(7-9)5-6-12(11,8-13)14-2/h3-4,7,13H,5-6,8H2,1-2H3. The Morgan fingerprint density at radius 3 is 2.93 bits per heavy atom. The van der Waals surface area contributed by atoms with E-state index in [2.05, 4.69) is 25.1 Å². The quantitative estimate of drug-likeness (QED) is 0.774. The van der Waals surface area contributed by atoms with Gasteiger partial charge in [0.1, 0.15) is 5.60 Å². The molecule has 0 saturated heterocycles. The molecule has 1 aromatic rings. The Morgan fingerprint density at radius 2 is 2.29 bits per heavy atom.